The zero-order chi connectivity index (χ0) is 11.1. The molecular formula is C11H23NO3. The third-order valence-corrected chi connectivity index (χ3v) is 2.54. The highest BCUT2D eigenvalue weighted by molar-refractivity contribution is 4.82. The van der Waals surface area contributed by atoms with Gasteiger partial charge < -0.3 is 19.9 Å². The lowest BCUT2D eigenvalue weighted by atomic mass is 9.90. The Bertz CT molecular complexity index is 154. The van der Waals surface area contributed by atoms with Gasteiger partial charge in [0.2, 0.25) is 0 Å². The smallest absolute Gasteiger partial charge is 0.159 e. The second kappa shape index (κ2) is 7.17. The predicted octanol–water partition coefficient (Wildman–Crippen LogP) is 1.28. The first kappa shape index (κ1) is 12.9. The molecule has 0 radical (unpaired) electrons. The van der Waals surface area contributed by atoms with Crippen LogP contribution in [-0.4, -0.2) is 38.3 Å². The predicted molar refractivity (Wildman–Crippen MR) is 58.6 cm³/mol. The van der Waals surface area contributed by atoms with Crippen LogP contribution in [0.4, 0.5) is 0 Å². The number of ether oxygens (including phenoxy) is 3. The van der Waals surface area contributed by atoms with Crippen molar-refractivity contribution in [1.29, 1.82) is 0 Å². The lowest BCUT2D eigenvalue weighted by Gasteiger charge is -2.32. The van der Waals surface area contributed by atoms with E-state index in [-0.39, 0.29) is 6.29 Å². The highest BCUT2D eigenvalue weighted by Gasteiger charge is 2.26. The van der Waals surface area contributed by atoms with E-state index < -0.39 is 0 Å². The zero-order valence-electron chi connectivity index (χ0n) is 9.78. The fourth-order valence-electron chi connectivity index (χ4n) is 1.66. The van der Waals surface area contributed by atoms with Gasteiger partial charge in [-0.15, -0.1) is 0 Å². The Hall–Kier alpha value is -0.160. The standard InChI is InChI=1S/C11H23NO3/c1-3-13-11(14-4-2)5-6-15-10-7-9(12)8-10/h9-11H,3-8,12H2,1-2H3. The van der Waals surface area contributed by atoms with Crippen LogP contribution in [-0.2, 0) is 14.2 Å². The molecule has 15 heavy (non-hydrogen) atoms. The van der Waals surface area contributed by atoms with Crippen molar-refractivity contribution in [3.63, 3.8) is 0 Å². The summed E-state index contributed by atoms with van der Waals surface area (Å²) in [5.74, 6) is 0. The van der Waals surface area contributed by atoms with Crippen molar-refractivity contribution in [1.82, 2.24) is 0 Å². The third-order valence-electron chi connectivity index (χ3n) is 2.54. The van der Waals surface area contributed by atoms with Crippen molar-refractivity contribution in [2.24, 2.45) is 5.73 Å². The second-order valence-electron chi connectivity index (χ2n) is 3.85. The lowest BCUT2D eigenvalue weighted by Crippen LogP contribution is -2.42. The summed E-state index contributed by atoms with van der Waals surface area (Å²) >= 11 is 0. The summed E-state index contributed by atoms with van der Waals surface area (Å²) in [6.45, 7) is 6.00. The van der Waals surface area contributed by atoms with Gasteiger partial charge in [-0.2, -0.15) is 0 Å². The van der Waals surface area contributed by atoms with E-state index in [4.69, 9.17) is 19.9 Å². The molecule has 0 aromatic heterocycles. The van der Waals surface area contributed by atoms with E-state index >= 15 is 0 Å². The van der Waals surface area contributed by atoms with Crippen molar-refractivity contribution >= 4 is 0 Å². The molecule has 0 aromatic carbocycles. The van der Waals surface area contributed by atoms with Gasteiger partial charge in [0, 0.05) is 25.7 Å². The Labute approximate surface area is 92.1 Å². The highest BCUT2D eigenvalue weighted by atomic mass is 16.7. The Kier molecular flexibility index (Phi) is 6.17. The number of nitrogens with two attached hydrogens (primary N) is 1. The fourth-order valence-corrected chi connectivity index (χ4v) is 1.66. The van der Waals surface area contributed by atoms with E-state index in [1.807, 2.05) is 13.8 Å². The van der Waals surface area contributed by atoms with E-state index in [1.165, 1.54) is 0 Å². The molecule has 0 atom stereocenters. The Morgan fingerprint density at radius 1 is 1.20 bits per heavy atom. The summed E-state index contributed by atoms with van der Waals surface area (Å²) in [7, 11) is 0. The average molecular weight is 217 g/mol. The fraction of sp³-hybridized carbons (Fsp3) is 1.00. The molecule has 0 spiro atoms. The molecule has 1 rings (SSSR count). The summed E-state index contributed by atoms with van der Waals surface area (Å²) in [6, 6.07) is 0.351. The van der Waals surface area contributed by atoms with Crippen LogP contribution in [0.2, 0.25) is 0 Å². The summed E-state index contributed by atoms with van der Waals surface area (Å²) in [5.41, 5.74) is 5.67. The van der Waals surface area contributed by atoms with E-state index in [2.05, 4.69) is 0 Å². The molecule has 0 amide bonds. The second-order valence-corrected chi connectivity index (χ2v) is 3.85. The molecule has 0 unspecified atom stereocenters. The third kappa shape index (κ3) is 4.93. The molecule has 90 valence electrons. The monoisotopic (exact) mass is 217 g/mol. The molecule has 4 heteroatoms. The van der Waals surface area contributed by atoms with Crippen LogP contribution in [0.5, 0.6) is 0 Å². The van der Waals surface area contributed by atoms with E-state index in [0.717, 1.165) is 19.3 Å². The van der Waals surface area contributed by atoms with Crippen LogP contribution < -0.4 is 5.73 Å². The maximum Gasteiger partial charge on any atom is 0.159 e. The van der Waals surface area contributed by atoms with Crippen LogP contribution >= 0.6 is 0 Å². The summed E-state index contributed by atoms with van der Waals surface area (Å²) in [6.07, 6.45) is 3.03. The molecule has 1 fully saturated rings. The first-order chi connectivity index (χ1) is 7.26. The highest BCUT2D eigenvalue weighted by Crippen LogP contribution is 2.21. The van der Waals surface area contributed by atoms with Gasteiger partial charge in [-0.25, -0.2) is 0 Å². The molecule has 0 heterocycles. The van der Waals surface area contributed by atoms with E-state index in [1.54, 1.807) is 0 Å². The molecule has 2 N–H and O–H groups in total. The number of rotatable bonds is 8. The topological polar surface area (TPSA) is 53.7 Å². The van der Waals surface area contributed by atoms with Crippen LogP contribution in [0.1, 0.15) is 33.1 Å². The lowest BCUT2D eigenvalue weighted by molar-refractivity contribution is -0.152. The molecule has 1 saturated carbocycles. The van der Waals surface area contributed by atoms with Gasteiger partial charge in [0.1, 0.15) is 0 Å². The minimum Gasteiger partial charge on any atom is -0.378 e. The van der Waals surface area contributed by atoms with Crippen molar-refractivity contribution in [3.8, 4) is 0 Å². The van der Waals surface area contributed by atoms with Gasteiger partial charge in [0.25, 0.3) is 0 Å². The first-order valence-electron chi connectivity index (χ1n) is 5.86. The van der Waals surface area contributed by atoms with Gasteiger partial charge in [0.05, 0.1) is 12.7 Å². The summed E-state index contributed by atoms with van der Waals surface area (Å²) < 4.78 is 16.5. The molecule has 4 nitrogen and oxygen atoms in total. The van der Waals surface area contributed by atoms with Gasteiger partial charge in [-0.05, 0) is 26.7 Å². The molecule has 1 aliphatic rings. The van der Waals surface area contributed by atoms with Gasteiger partial charge >= 0.3 is 0 Å². The van der Waals surface area contributed by atoms with Crippen LogP contribution in [0, 0.1) is 0 Å². The molecule has 0 aliphatic heterocycles. The first-order valence-corrected chi connectivity index (χ1v) is 5.86. The normalized spacial score (nSPS) is 25.6. The van der Waals surface area contributed by atoms with Crippen molar-refractivity contribution < 1.29 is 14.2 Å². The minimum absolute atomic E-state index is 0.117. The van der Waals surface area contributed by atoms with Crippen molar-refractivity contribution in [3.05, 3.63) is 0 Å². The van der Waals surface area contributed by atoms with Crippen LogP contribution in [0.3, 0.4) is 0 Å². The SMILES string of the molecule is CCOC(CCOC1CC(N)C1)OCC. The number of hydrogen-bond donors (Lipinski definition) is 1. The van der Waals surface area contributed by atoms with Gasteiger partial charge in [-0.1, -0.05) is 0 Å². The summed E-state index contributed by atoms with van der Waals surface area (Å²) in [5, 5.41) is 0. The number of hydrogen-bond acceptors (Lipinski definition) is 4. The van der Waals surface area contributed by atoms with Crippen LogP contribution in [0.25, 0.3) is 0 Å². The summed E-state index contributed by atoms with van der Waals surface area (Å²) in [4.78, 5) is 0. The van der Waals surface area contributed by atoms with Crippen molar-refractivity contribution in [2.45, 2.75) is 51.5 Å². The maximum atomic E-state index is 5.67. The Morgan fingerprint density at radius 2 is 1.80 bits per heavy atom. The van der Waals surface area contributed by atoms with E-state index in [9.17, 15) is 0 Å². The van der Waals surface area contributed by atoms with Gasteiger partial charge in [0.15, 0.2) is 6.29 Å². The molecule has 1 aliphatic carbocycles. The molecule has 0 saturated heterocycles. The quantitative estimate of drug-likeness (QED) is 0.622. The van der Waals surface area contributed by atoms with Crippen LogP contribution in [0.15, 0.2) is 0 Å². The van der Waals surface area contributed by atoms with E-state index in [0.29, 0.717) is 32.0 Å². The van der Waals surface area contributed by atoms with Gasteiger partial charge in [-0.3, -0.25) is 0 Å². The zero-order valence-corrected chi connectivity index (χ0v) is 9.78. The molecule has 0 bridgehead atoms. The largest absolute Gasteiger partial charge is 0.378 e. The Balaban J connectivity index is 2.00. The maximum absolute atomic E-state index is 5.67. The van der Waals surface area contributed by atoms with Crippen molar-refractivity contribution in [2.75, 3.05) is 19.8 Å². The average Bonchev–Trinajstić information content (AvgIpc) is 2.15. The molecule has 0 aromatic rings. The molecular weight excluding hydrogens is 194 g/mol. The Morgan fingerprint density at radius 3 is 2.27 bits per heavy atom. The minimum atomic E-state index is -0.117.